The van der Waals surface area contributed by atoms with E-state index in [1.54, 1.807) is 0 Å². The molecular weight excluding hydrogens is 320 g/mol. The Morgan fingerprint density at radius 1 is 0.577 bits per heavy atom. The van der Waals surface area contributed by atoms with Gasteiger partial charge in [-0.05, 0) is 43.4 Å². The van der Waals surface area contributed by atoms with Gasteiger partial charge in [0, 0.05) is 13.2 Å². The molecule has 0 aromatic rings. The maximum atomic E-state index is 5.79. The van der Waals surface area contributed by atoms with Crippen LogP contribution in [0.5, 0.6) is 0 Å². The zero-order chi connectivity index (χ0) is 18.5. The van der Waals surface area contributed by atoms with Gasteiger partial charge in [-0.25, -0.2) is 0 Å². The zero-order valence-electron chi connectivity index (χ0n) is 17.9. The Hall–Kier alpha value is -0.0800. The van der Waals surface area contributed by atoms with E-state index < -0.39 is 0 Å². The summed E-state index contributed by atoms with van der Waals surface area (Å²) in [6.45, 7) is 7.65. The molecule has 2 heteroatoms. The lowest BCUT2D eigenvalue weighted by atomic mass is 9.75. The average Bonchev–Trinajstić information content (AvgIpc) is 2.68. The van der Waals surface area contributed by atoms with Crippen molar-refractivity contribution in [2.24, 2.45) is 23.7 Å². The Morgan fingerprint density at radius 3 is 1.62 bits per heavy atom. The number of hydrogen-bond acceptors (Lipinski definition) is 2. The third-order valence-electron chi connectivity index (χ3n) is 7.06. The summed E-state index contributed by atoms with van der Waals surface area (Å²) in [6, 6.07) is 0. The van der Waals surface area contributed by atoms with E-state index in [1.165, 1.54) is 89.9 Å². The summed E-state index contributed by atoms with van der Waals surface area (Å²) in [5.74, 6) is 3.94. The molecule has 0 saturated heterocycles. The van der Waals surface area contributed by atoms with Crippen LogP contribution in [0.4, 0.5) is 0 Å². The van der Waals surface area contributed by atoms with Crippen LogP contribution in [0.25, 0.3) is 0 Å². The molecule has 0 atom stereocenters. The third-order valence-corrected chi connectivity index (χ3v) is 7.06. The van der Waals surface area contributed by atoms with Crippen LogP contribution in [-0.4, -0.2) is 26.4 Å². The van der Waals surface area contributed by atoms with Crippen LogP contribution in [0.15, 0.2) is 0 Å². The first-order chi connectivity index (χ1) is 12.8. The van der Waals surface area contributed by atoms with E-state index in [0.29, 0.717) is 0 Å². The van der Waals surface area contributed by atoms with Crippen molar-refractivity contribution < 1.29 is 9.47 Å². The molecule has 2 rings (SSSR count). The lowest BCUT2D eigenvalue weighted by Crippen LogP contribution is -2.21. The molecule has 0 aromatic carbocycles. The van der Waals surface area contributed by atoms with E-state index in [4.69, 9.17) is 9.47 Å². The van der Waals surface area contributed by atoms with Gasteiger partial charge in [-0.3, -0.25) is 0 Å². The van der Waals surface area contributed by atoms with E-state index in [2.05, 4.69) is 6.92 Å². The van der Waals surface area contributed by atoms with E-state index in [0.717, 1.165) is 50.1 Å². The van der Waals surface area contributed by atoms with Crippen molar-refractivity contribution in [3.63, 3.8) is 0 Å². The standard InChI is InChI=1S/C24H46O2/c1-3-5-6-7-21-8-10-22(11-9-21)12-13-23-14-16-24(17-15-23)20-26-19-18-25-4-2/h21-24H,3-20H2,1-2H3. The second kappa shape index (κ2) is 14.0. The molecule has 2 saturated carbocycles. The van der Waals surface area contributed by atoms with Gasteiger partial charge >= 0.3 is 0 Å². The highest BCUT2D eigenvalue weighted by atomic mass is 16.5. The van der Waals surface area contributed by atoms with Crippen molar-refractivity contribution in [3.05, 3.63) is 0 Å². The first-order valence-electron chi connectivity index (χ1n) is 12.0. The molecule has 0 bridgehead atoms. The molecule has 2 aliphatic carbocycles. The molecule has 0 aliphatic heterocycles. The summed E-state index contributed by atoms with van der Waals surface area (Å²) >= 11 is 0. The van der Waals surface area contributed by atoms with Crippen LogP contribution in [0.3, 0.4) is 0 Å². The van der Waals surface area contributed by atoms with Crippen molar-refractivity contribution >= 4 is 0 Å². The summed E-state index contributed by atoms with van der Waals surface area (Å²) in [7, 11) is 0. The molecule has 0 heterocycles. The highest BCUT2D eigenvalue weighted by molar-refractivity contribution is 4.77. The van der Waals surface area contributed by atoms with E-state index in [9.17, 15) is 0 Å². The molecule has 0 aromatic heterocycles. The fourth-order valence-electron chi connectivity index (χ4n) is 5.16. The first-order valence-corrected chi connectivity index (χ1v) is 12.0. The zero-order valence-corrected chi connectivity index (χ0v) is 17.9. The van der Waals surface area contributed by atoms with Gasteiger partial charge in [-0.1, -0.05) is 84.0 Å². The quantitative estimate of drug-likeness (QED) is 0.326. The second-order valence-electron chi connectivity index (χ2n) is 9.12. The minimum atomic E-state index is 0.757. The lowest BCUT2D eigenvalue weighted by molar-refractivity contribution is 0.0278. The van der Waals surface area contributed by atoms with Gasteiger partial charge in [0.05, 0.1) is 13.2 Å². The summed E-state index contributed by atoms with van der Waals surface area (Å²) in [5, 5.41) is 0. The van der Waals surface area contributed by atoms with Crippen molar-refractivity contribution in [2.45, 2.75) is 104 Å². The molecule has 0 radical (unpaired) electrons. The van der Waals surface area contributed by atoms with E-state index >= 15 is 0 Å². The molecule has 2 fully saturated rings. The molecule has 2 aliphatic rings. The van der Waals surface area contributed by atoms with Crippen LogP contribution in [0.1, 0.15) is 104 Å². The molecule has 0 unspecified atom stereocenters. The van der Waals surface area contributed by atoms with Crippen molar-refractivity contribution in [3.8, 4) is 0 Å². The van der Waals surface area contributed by atoms with Crippen LogP contribution in [0.2, 0.25) is 0 Å². The minimum Gasteiger partial charge on any atom is -0.379 e. The average molecular weight is 367 g/mol. The molecular formula is C24H46O2. The molecule has 2 nitrogen and oxygen atoms in total. The molecule has 154 valence electrons. The largest absolute Gasteiger partial charge is 0.379 e. The van der Waals surface area contributed by atoms with Gasteiger partial charge in [0.25, 0.3) is 0 Å². The Morgan fingerprint density at radius 2 is 1.08 bits per heavy atom. The van der Waals surface area contributed by atoms with Gasteiger partial charge in [0.15, 0.2) is 0 Å². The first kappa shape index (κ1) is 22.2. The fourth-order valence-corrected chi connectivity index (χ4v) is 5.16. The highest BCUT2D eigenvalue weighted by Gasteiger charge is 2.24. The second-order valence-corrected chi connectivity index (χ2v) is 9.12. The SMILES string of the molecule is CCCCCC1CCC(CCC2CCC(COCCOCC)CC2)CC1. The number of hydrogen-bond donors (Lipinski definition) is 0. The lowest BCUT2D eigenvalue weighted by Gasteiger charge is -2.32. The maximum Gasteiger partial charge on any atom is 0.0700 e. The maximum absolute atomic E-state index is 5.79. The van der Waals surface area contributed by atoms with Gasteiger partial charge < -0.3 is 9.47 Å². The smallest absolute Gasteiger partial charge is 0.0700 e. The normalized spacial score (nSPS) is 29.8. The molecule has 0 N–H and O–H groups in total. The number of unbranched alkanes of at least 4 members (excludes halogenated alkanes) is 2. The summed E-state index contributed by atoms with van der Waals surface area (Å²) < 4.78 is 11.1. The van der Waals surface area contributed by atoms with Gasteiger partial charge in [0.2, 0.25) is 0 Å². The Bertz CT molecular complexity index is 314. The van der Waals surface area contributed by atoms with E-state index in [-0.39, 0.29) is 0 Å². The Labute approximate surface area is 163 Å². The van der Waals surface area contributed by atoms with Crippen molar-refractivity contribution in [1.82, 2.24) is 0 Å². The Kier molecular flexibility index (Phi) is 12.0. The summed E-state index contributed by atoms with van der Waals surface area (Å²) in [5.41, 5.74) is 0. The monoisotopic (exact) mass is 366 g/mol. The van der Waals surface area contributed by atoms with Crippen LogP contribution < -0.4 is 0 Å². The topological polar surface area (TPSA) is 18.5 Å². The highest BCUT2D eigenvalue weighted by Crippen LogP contribution is 2.37. The summed E-state index contributed by atoms with van der Waals surface area (Å²) in [4.78, 5) is 0. The molecule has 26 heavy (non-hydrogen) atoms. The predicted octanol–water partition coefficient (Wildman–Crippen LogP) is 7.01. The van der Waals surface area contributed by atoms with Crippen molar-refractivity contribution in [2.75, 3.05) is 26.4 Å². The fraction of sp³-hybridized carbons (Fsp3) is 1.00. The van der Waals surface area contributed by atoms with Gasteiger partial charge in [-0.2, -0.15) is 0 Å². The molecule has 0 spiro atoms. The minimum absolute atomic E-state index is 0.757. The molecule has 0 amide bonds. The van der Waals surface area contributed by atoms with E-state index in [1.807, 2.05) is 6.92 Å². The number of rotatable bonds is 13. The Balaban J connectivity index is 1.46. The summed E-state index contributed by atoms with van der Waals surface area (Å²) in [6.07, 6.45) is 20.6. The predicted molar refractivity (Wildman–Crippen MR) is 112 cm³/mol. The van der Waals surface area contributed by atoms with Crippen LogP contribution in [-0.2, 0) is 9.47 Å². The third kappa shape index (κ3) is 9.22. The van der Waals surface area contributed by atoms with Crippen LogP contribution in [0, 0.1) is 23.7 Å². The van der Waals surface area contributed by atoms with Gasteiger partial charge in [-0.15, -0.1) is 0 Å². The van der Waals surface area contributed by atoms with Gasteiger partial charge in [0.1, 0.15) is 0 Å². The van der Waals surface area contributed by atoms with Crippen molar-refractivity contribution in [1.29, 1.82) is 0 Å². The number of ether oxygens (including phenoxy) is 2. The van der Waals surface area contributed by atoms with Crippen LogP contribution >= 0.6 is 0 Å².